The van der Waals surface area contributed by atoms with Crippen molar-refractivity contribution in [1.29, 1.82) is 0 Å². The highest BCUT2D eigenvalue weighted by molar-refractivity contribution is 7.89. The smallest absolute Gasteiger partial charge is 0.260 e. The second-order valence-electron chi connectivity index (χ2n) is 8.87. The number of carbonyl (C=O) groups excluding carboxylic acids is 1. The van der Waals surface area contributed by atoms with Gasteiger partial charge in [0.2, 0.25) is 10.0 Å². The zero-order chi connectivity index (χ0) is 26.3. The number of amides is 1. The fraction of sp³-hybridized carbons (Fsp3) is 0.462. The maximum Gasteiger partial charge on any atom is 0.260 e. The molecule has 0 bridgehead atoms. The van der Waals surface area contributed by atoms with Crippen LogP contribution in [0.1, 0.15) is 43.5 Å². The lowest BCUT2D eigenvalue weighted by molar-refractivity contribution is 0.0986. The summed E-state index contributed by atoms with van der Waals surface area (Å²) in [6, 6.07) is 11.9. The average molecular weight is 569 g/mol. The summed E-state index contributed by atoms with van der Waals surface area (Å²) in [6.07, 6.45) is 2.25. The third-order valence-corrected chi connectivity index (χ3v) is 8.69. The third kappa shape index (κ3) is 7.64. The van der Waals surface area contributed by atoms with Gasteiger partial charge >= 0.3 is 0 Å². The van der Waals surface area contributed by atoms with Gasteiger partial charge in [-0.15, -0.1) is 12.4 Å². The molecule has 204 valence electrons. The molecule has 0 radical (unpaired) electrons. The van der Waals surface area contributed by atoms with E-state index in [4.69, 9.17) is 9.72 Å². The number of rotatable bonds is 13. The van der Waals surface area contributed by atoms with E-state index in [1.54, 1.807) is 24.1 Å². The van der Waals surface area contributed by atoms with Crippen molar-refractivity contribution >= 4 is 55.0 Å². The van der Waals surface area contributed by atoms with E-state index in [-0.39, 0.29) is 23.2 Å². The van der Waals surface area contributed by atoms with Gasteiger partial charge in [0.05, 0.1) is 22.2 Å². The molecule has 37 heavy (non-hydrogen) atoms. The number of hydrogen-bond acceptors (Lipinski definition) is 7. The number of hydrogen-bond donors (Lipinski definition) is 0. The number of carbonyl (C=O) groups is 1. The van der Waals surface area contributed by atoms with Crippen LogP contribution < -0.4 is 9.64 Å². The number of methoxy groups -OCH3 is 1. The minimum atomic E-state index is -3.61. The molecule has 1 heterocycles. The predicted octanol–water partition coefficient (Wildman–Crippen LogP) is 5.14. The Morgan fingerprint density at radius 2 is 1.62 bits per heavy atom. The Morgan fingerprint density at radius 1 is 0.973 bits per heavy atom. The SMILES string of the molecule is CCCN(CCC)S(=O)(=O)c1ccc(C(=O)N(CCCN(C)C)c2nc3ccc(OC)cc3s2)cc1.Cl. The number of fused-ring (bicyclic) bond motifs is 1. The monoisotopic (exact) mass is 568 g/mol. The molecule has 0 fully saturated rings. The van der Waals surface area contributed by atoms with Gasteiger partial charge in [0.15, 0.2) is 5.13 Å². The van der Waals surface area contributed by atoms with Crippen molar-refractivity contribution in [2.75, 3.05) is 52.3 Å². The number of benzene rings is 2. The van der Waals surface area contributed by atoms with Crippen LogP contribution in [-0.4, -0.2) is 75.9 Å². The van der Waals surface area contributed by atoms with Crippen molar-refractivity contribution in [3.8, 4) is 5.75 Å². The zero-order valence-corrected chi connectivity index (χ0v) is 24.6. The number of ether oxygens (including phenoxy) is 1. The number of aromatic nitrogens is 1. The maximum atomic E-state index is 13.6. The van der Waals surface area contributed by atoms with Crippen LogP contribution in [0, 0.1) is 0 Å². The molecule has 0 atom stereocenters. The summed E-state index contributed by atoms with van der Waals surface area (Å²) in [4.78, 5) is 22.3. The van der Waals surface area contributed by atoms with Gasteiger partial charge in [0.25, 0.3) is 5.91 Å². The van der Waals surface area contributed by atoms with E-state index in [9.17, 15) is 13.2 Å². The first-order chi connectivity index (χ1) is 17.2. The van der Waals surface area contributed by atoms with Crippen LogP contribution in [0.4, 0.5) is 5.13 Å². The number of thiazole rings is 1. The number of nitrogens with zero attached hydrogens (tertiary/aromatic N) is 4. The van der Waals surface area contributed by atoms with Crippen LogP contribution in [0.15, 0.2) is 47.4 Å². The van der Waals surface area contributed by atoms with E-state index in [0.717, 1.165) is 41.8 Å². The highest BCUT2D eigenvalue weighted by Gasteiger charge is 2.25. The van der Waals surface area contributed by atoms with Gasteiger partial charge in [-0.1, -0.05) is 25.2 Å². The van der Waals surface area contributed by atoms with E-state index in [0.29, 0.717) is 30.3 Å². The van der Waals surface area contributed by atoms with E-state index < -0.39 is 10.0 Å². The van der Waals surface area contributed by atoms with Gasteiger partial charge in [-0.3, -0.25) is 9.69 Å². The fourth-order valence-corrected chi connectivity index (χ4v) is 6.53. The van der Waals surface area contributed by atoms with Gasteiger partial charge in [0.1, 0.15) is 5.75 Å². The second-order valence-corrected chi connectivity index (χ2v) is 11.8. The van der Waals surface area contributed by atoms with Crippen LogP contribution in [0.3, 0.4) is 0 Å². The molecule has 2 aromatic carbocycles. The Labute approximate surface area is 230 Å². The molecule has 0 spiro atoms. The molecule has 3 rings (SSSR count). The lowest BCUT2D eigenvalue weighted by atomic mass is 10.2. The Bertz CT molecular complexity index is 1260. The second kappa shape index (κ2) is 14.1. The minimum absolute atomic E-state index is 0. The lowest BCUT2D eigenvalue weighted by Gasteiger charge is -2.22. The molecule has 0 unspecified atom stereocenters. The summed E-state index contributed by atoms with van der Waals surface area (Å²) in [7, 11) is 2.00. The normalized spacial score (nSPS) is 11.6. The quantitative estimate of drug-likeness (QED) is 0.284. The van der Waals surface area contributed by atoms with E-state index in [1.807, 2.05) is 46.1 Å². The molecular formula is C26H37ClN4O4S2. The molecule has 0 N–H and O–H groups in total. The molecule has 3 aromatic rings. The van der Waals surface area contributed by atoms with Gasteiger partial charge < -0.3 is 9.64 Å². The molecule has 1 aromatic heterocycles. The number of halogens is 1. The molecule has 0 saturated heterocycles. The zero-order valence-electron chi connectivity index (χ0n) is 22.1. The van der Waals surface area contributed by atoms with Crippen LogP contribution >= 0.6 is 23.7 Å². The Kier molecular flexibility index (Phi) is 11.8. The largest absolute Gasteiger partial charge is 0.497 e. The number of anilines is 1. The van der Waals surface area contributed by atoms with Gasteiger partial charge in [-0.05, 0) is 82.4 Å². The number of sulfonamides is 1. The molecule has 1 amide bonds. The van der Waals surface area contributed by atoms with Crippen LogP contribution in [0.5, 0.6) is 5.75 Å². The van der Waals surface area contributed by atoms with Crippen LogP contribution in [0.25, 0.3) is 10.2 Å². The van der Waals surface area contributed by atoms with Crippen LogP contribution in [0.2, 0.25) is 0 Å². The standard InChI is InChI=1S/C26H36N4O4S2.ClH/c1-6-15-29(16-7-2)36(32,33)22-12-9-20(10-13-22)25(31)30(18-8-17-28(3)4)26-27-23-14-11-21(34-5)19-24(23)35-26;/h9-14,19H,6-8,15-18H2,1-5H3;1H. The molecule has 0 aliphatic carbocycles. The van der Waals surface area contributed by atoms with Gasteiger partial charge in [-0.25, -0.2) is 13.4 Å². The van der Waals surface area contributed by atoms with E-state index >= 15 is 0 Å². The van der Waals surface area contributed by atoms with E-state index in [2.05, 4.69) is 4.90 Å². The highest BCUT2D eigenvalue weighted by atomic mass is 35.5. The highest BCUT2D eigenvalue weighted by Crippen LogP contribution is 2.32. The van der Waals surface area contributed by atoms with Crippen molar-refractivity contribution in [2.45, 2.75) is 38.0 Å². The Balaban J connectivity index is 0.00000481. The fourth-order valence-electron chi connectivity index (χ4n) is 3.89. The summed E-state index contributed by atoms with van der Waals surface area (Å²) in [6.45, 7) is 6.18. The first kappa shape index (κ1) is 31.0. The predicted molar refractivity (Wildman–Crippen MR) is 154 cm³/mol. The summed E-state index contributed by atoms with van der Waals surface area (Å²) < 4.78 is 34.0. The van der Waals surface area contributed by atoms with Gasteiger partial charge in [0, 0.05) is 25.2 Å². The molecule has 0 aliphatic heterocycles. The van der Waals surface area contributed by atoms with Crippen LogP contribution in [-0.2, 0) is 10.0 Å². The van der Waals surface area contributed by atoms with Crippen molar-refractivity contribution in [2.24, 2.45) is 0 Å². The topological polar surface area (TPSA) is 83.1 Å². The van der Waals surface area contributed by atoms with Crippen molar-refractivity contribution < 1.29 is 17.9 Å². The first-order valence-electron chi connectivity index (χ1n) is 12.2. The first-order valence-corrected chi connectivity index (χ1v) is 14.5. The summed E-state index contributed by atoms with van der Waals surface area (Å²) >= 11 is 1.44. The summed E-state index contributed by atoms with van der Waals surface area (Å²) in [5, 5.41) is 0.607. The van der Waals surface area contributed by atoms with E-state index in [1.165, 1.54) is 27.8 Å². The molecule has 8 nitrogen and oxygen atoms in total. The molecule has 0 saturated carbocycles. The van der Waals surface area contributed by atoms with Crippen molar-refractivity contribution in [3.05, 3.63) is 48.0 Å². The molecule has 11 heteroatoms. The molecular weight excluding hydrogens is 532 g/mol. The van der Waals surface area contributed by atoms with Gasteiger partial charge in [-0.2, -0.15) is 4.31 Å². The average Bonchev–Trinajstić information content (AvgIpc) is 3.29. The van der Waals surface area contributed by atoms with Crippen molar-refractivity contribution in [3.63, 3.8) is 0 Å². The minimum Gasteiger partial charge on any atom is -0.497 e. The third-order valence-electron chi connectivity index (χ3n) is 5.73. The Hall–Kier alpha value is -2.24. The summed E-state index contributed by atoms with van der Waals surface area (Å²) in [5.74, 6) is 0.530. The molecule has 0 aliphatic rings. The Morgan fingerprint density at radius 3 is 2.19 bits per heavy atom. The summed E-state index contributed by atoms with van der Waals surface area (Å²) in [5.41, 5.74) is 1.22. The van der Waals surface area contributed by atoms with Crippen molar-refractivity contribution in [1.82, 2.24) is 14.2 Å². The maximum absolute atomic E-state index is 13.6. The lowest BCUT2D eigenvalue weighted by Crippen LogP contribution is -2.34.